The fourth-order valence-corrected chi connectivity index (χ4v) is 5.70. The molecular weight excluding hydrogens is 296 g/mol. The van der Waals surface area contributed by atoms with Crippen molar-refractivity contribution >= 4 is 14.1 Å². The van der Waals surface area contributed by atoms with Gasteiger partial charge in [0.15, 0.2) is 5.79 Å². The van der Waals surface area contributed by atoms with Crippen molar-refractivity contribution in [3.05, 3.63) is 24.4 Å². The van der Waals surface area contributed by atoms with Gasteiger partial charge in [0.25, 0.3) is 0 Å². The zero-order valence-corrected chi connectivity index (χ0v) is 15.5. The molecule has 1 atom stereocenters. The number of hydrogen-bond donors (Lipinski definition) is 2. The molecule has 4 nitrogen and oxygen atoms in total. The van der Waals surface area contributed by atoms with Crippen LogP contribution < -0.4 is 0 Å². The van der Waals surface area contributed by atoms with Crippen LogP contribution in [0.5, 0.6) is 0 Å². The highest BCUT2D eigenvalue weighted by Gasteiger charge is 2.37. The van der Waals surface area contributed by atoms with E-state index in [9.17, 15) is 15.0 Å². The van der Waals surface area contributed by atoms with E-state index in [-0.39, 0.29) is 31.1 Å². The predicted octanol–water partition coefficient (Wildman–Crippen LogP) is 3.49. The van der Waals surface area contributed by atoms with Gasteiger partial charge in [0, 0.05) is 19.3 Å². The van der Waals surface area contributed by atoms with Gasteiger partial charge in [0.2, 0.25) is 8.32 Å². The minimum Gasteiger partial charge on any atom is -0.409 e. The maximum absolute atomic E-state index is 11.0. The Morgan fingerprint density at radius 3 is 2.23 bits per heavy atom. The lowest BCUT2D eigenvalue weighted by atomic mass is 10.0. The van der Waals surface area contributed by atoms with E-state index in [1.165, 1.54) is 6.92 Å². The maximum atomic E-state index is 11.0. The standard InChI is InChI=1S/C17H32O4Si/c1-7-10-16(13-17(19,20)12-11-15(6)18)21-22(8-2,9-3)14(4)5/h7,16,19-20H,1,4,8-13H2,2-3,5-6H3. The van der Waals surface area contributed by atoms with Crippen molar-refractivity contribution in [3.8, 4) is 0 Å². The van der Waals surface area contributed by atoms with E-state index in [1.807, 2.05) is 6.92 Å². The number of ketones is 1. The van der Waals surface area contributed by atoms with Crippen LogP contribution in [0, 0.1) is 0 Å². The second kappa shape index (κ2) is 9.40. The zero-order valence-electron chi connectivity index (χ0n) is 14.5. The fourth-order valence-electron chi connectivity index (χ4n) is 2.64. The van der Waals surface area contributed by atoms with E-state index in [0.29, 0.717) is 6.42 Å². The topological polar surface area (TPSA) is 66.8 Å². The average Bonchev–Trinajstić information content (AvgIpc) is 2.42. The molecule has 128 valence electrons. The first kappa shape index (κ1) is 21.2. The number of hydrogen-bond acceptors (Lipinski definition) is 4. The summed E-state index contributed by atoms with van der Waals surface area (Å²) in [6, 6.07) is 1.81. The quantitative estimate of drug-likeness (QED) is 0.327. The van der Waals surface area contributed by atoms with Crippen molar-refractivity contribution in [2.75, 3.05) is 0 Å². The van der Waals surface area contributed by atoms with Crippen molar-refractivity contribution in [3.63, 3.8) is 0 Å². The molecule has 5 heteroatoms. The Morgan fingerprint density at radius 1 is 1.32 bits per heavy atom. The Labute approximate surface area is 136 Å². The molecule has 2 N–H and O–H groups in total. The molecule has 0 radical (unpaired) electrons. The van der Waals surface area contributed by atoms with E-state index in [0.717, 1.165) is 17.3 Å². The summed E-state index contributed by atoms with van der Waals surface area (Å²) in [6.45, 7) is 15.4. The van der Waals surface area contributed by atoms with Crippen LogP contribution in [0.4, 0.5) is 0 Å². The Bertz CT molecular complexity index is 386. The van der Waals surface area contributed by atoms with Crippen LogP contribution in [-0.2, 0) is 9.22 Å². The maximum Gasteiger partial charge on any atom is 0.219 e. The van der Waals surface area contributed by atoms with E-state index >= 15 is 0 Å². The van der Waals surface area contributed by atoms with Gasteiger partial charge in [-0.1, -0.05) is 25.1 Å². The van der Waals surface area contributed by atoms with E-state index < -0.39 is 14.1 Å². The van der Waals surface area contributed by atoms with Crippen LogP contribution in [0.1, 0.15) is 53.4 Å². The minimum atomic E-state index is -2.10. The molecule has 0 bridgehead atoms. The molecule has 0 amide bonds. The first-order valence-electron chi connectivity index (χ1n) is 8.01. The molecule has 0 aromatic rings. The van der Waals surface area contributed by atoms with Gasteiger partial charge >= 0.3 is 0 Å². The highest BCUT2D eigenvalue weighted by molar-refractivity contribution is 6.80. The monoisotopic (exact) mass is 328 g/mol. The Kier molecular flexibility index (Phi) is 9.08. The SMILES string of the molecule is C=CCC(CC(O)(O)CCC(C)=O)O[Si](CC)(CC)C(=C)C. The van der Waals surface area contributed by atoms with Gasteiger partial charge in [-0.15, -0.1) is 13.2 Å². The molecule has 22 heavy (non-hydrogen) atoms. The normalized spacial score (nSPS) is 13.7. The van der Waals surface area contributed by atoms with Gasteiger partial charge in [0.05, 0.1) is 6.10 Å². The summed E-state index contributed by atoms with van der Waals surface area (Å²) >= 11 is 0. The number of aliphatic hydroxyl groups is 2. The minimum absolute atomic E-state index is 0.0270. The number of rotatable bonds is 12. The van der Waals surface area contributed by atoms with Crippen LogP contribution in [-0.4, -0.2) is 36.2 Å². The molecule has 0 spiro atoms. The van der Waals surface area contributed by atoms with Crippen molar-refractivity contribution in [2.45, 2.75) is 77.4 Å². The number of Topliss-reactive ketones (excluding diaryl/α,β-unsaturated/α-hetero) is 1. The fraction of sp³-hybridized carbons (Fsp3) is 0.706. The summed E-state index contributed by atoms with van der Waals surface area (Å²) in [5.74, 6) is -1.95. The third-order valence-electron chi connectivity index (χ3n) is 4.17. The lowest BCUT2D eigenvalue weighted by molar-refractivity contribution is -0.184. The van der Waals surface area contributed by atoms with Crippen molar-refractivity contribution in [1.29, 1.82) is 0 Å². The molecule has 0 aromatic heterocycles. The number of carbonyl (C=O) groups is 1. The molecule has 0 aliphatic heterocycles. The molecule has 0 aliphatic carbocycles. The molecule has 0 rings (SSSR count). The lowest BCUT2D eigenvalue weighted by Gasteiger charge is -2.36. The lowest BCUT2D eigenvalue weighted by Crippen LogP contribution is -2.45. The van der Waals surface area contributed by atoms with E-state index in [1.54, 1.807) is 6.08 Å². The number of carbonyl (C=O) groups excluding carboxylic acids is 1. The second-order valence-electron chi connectivity index (χ2n) is 6.13. The van der Waals surface area contributed by atoms with Crippen molar-refractivity contribution in [1.82, 2.24) is 0 Å². The third-order valence-corrected chi connectivity index (χ3v) is 8.80. The molecule has 0 saturated carbocycles. The Hall–Kier alpha value is -0.753. The summed E-state index contributed by atoms with van der Waals surface area (Å²) in [6.07, 6.45) is 2.22. The van der Waals surface area contributed by atoms with Crippen LogP contribution in [0.2, 0.25) is 12.1 Å². The third kappa shape index (κ3) is 7.00. The summed E-state index contributed by atoms with van der Waals surface area (Å²) in [5.41, 5.74) is 0. The van der Waals surface area contributed by atoms with Crippen LogP contribution in [0.15, 0.2) is 24.4 Å². The highest BCUT2D eigenvalue weighted by atomic mass is 28.4. The van der Waals surface area contributed by atoms with Gasteiger partial charge in [-0.25, -0.2) is 0 Å². The first-order valence-corrected chi connectivity index (χ1v) is 10.3. The highest BCUT2D eigenvalue weighted by Crippen LogP contribution is 2.30. The Morgan fingerprint density at radius 2 is 1.86 bits per heavy atom. The predicted molar refractivity (Wildman–Crippen MR) is 92.9 cm³/mol. The Balaban J connectivity index is 5.02. The smallest absolute Gasteiger partial charge is 0.219 e. The summed E-state index contributed by atoms with van der Waals surface area (Å²) in [7, 11) is -2.10. The largest absolute Gasteiger partial charge is 0.409 e. The molecule has 0 heterocycles. The van der Waals surface area contributed by atoms with Gasteiger partial charge in [0.1, 0.15) is 5.78 Å². The van der Waals surface area contributed by atoms with Crippen molar-refractivity contribution < 1.29 is 19.4 Å². The summed E-state index contributed by atoms with van der Waals surface area (Å²) in [4.78, 5) is 11.0. The van der Waals surface area contributed by atoms with E-state index in [4.69, 9.17) is 4.43 Å². The van der Waals surface area contributed by atoms with Gasteiger partial charge in [-0.3, -0.25) is 0 Å². The van der Waals surface area contributed by atoms with Crippen LogP contribution in [0.3, 0.4) is 0 Å². The van der Waals surface area contributed by atoms with Gasteiger partial charge in [-0.2, -0.15) is 0 Å². The molecule has 0 aliphatic rings. The zero-order chi connectivity index (χ0) is 17.4. The van der Waals surface area contributed by atoms with Crippen LogP contribution >= 0.6 is 0 Å². The van der Waals surface area contributed by atoms with Crippen LogP contribution in [0.25, 0.3) is 0 Å². The molecule has 1 unspecified atom stereocenters. The van der Waals surface area contributed by atoms with Gasteiger partial charge in [-0.05, 0) is 32.4 Å². The number of allylic oxidation sites excluding steroid dienone is 1. The summed E-state index contributed by atoms with van der Waals surface area (Å²) in [5, 5.41) is 21.3. The molecule has 0 fully saturated rings. The second-order valence-corrected chi connectivity index (χ2v) is 10.6. The van der Waals surface area contributed by atoms with Gasteiger partial charge < -0.3 is 19.4 Å². The molecular formula is C17H32O4Si. The van der Waals surface area contributed by atoms with E-state index in [2.05, 4.69) is 27.0 Å². The first-order chi connectivity index (χ1) is 10.1. The summed E-state index contributed by atoms with van der Waals surface area (Å²) < 4.78 is 6.34. The van der Waals surface area contributed by atoms with Crippen molar-refractivity contribution in [2.24, 2.45) is 0 Å². The molecule has 0 aromatic carbocycles. The average molecular weight is 329 g/mol. The molecule has 0 saturated heterocycles.